The SMILES string of the molecule is O=C(Nc1ccc(N2CCCC2=O)cc1)c1ccc([C@H]2SCC(=O)N2Cc2ccccc2)cc1. The number of carbonyl (C=O) groups is 3. The molecule has 6 nitrogen and oxygen atoms in total. The van der Waals surface area contributed by atoms with Crippen LogP contribution in [0.1, 0.15) is 39.7 Å². The minimum atomic E-state index is -0.201. The molecule has 1 atom stereocenters. The summed E-state index contributed by atoms with van der Waals surface area (Å²) in [4.78, 5) is 40.8. The summed E-state index contributed by atoms with van der Waals surface area (Å²) in [6, 6.07) is 24.8. The molecule has 0 aromatic heterocycles. The molecule has 0 radical (unpaired) electrons. The zero-order chi connectivity index (χ0) is 23.5. The molecular weight excluding hydrogens is 446 g/mol. The first-order valence-electron chi connectivity index (χ1n) is 11.4. The van der Waals surface area contributed by atoms with Crippen molar-refractivity contribution in [3.05, 3.63) is 95.6 Å². The fourth-order valence-corrected chi connectivity index (χ4v) is 5.52. The second kappa shape index (κ2) is 9.73. The number of rotatable bonds is 6. The first-order valence-corrected chi connectivity index (χ1v) is 12.4. The van der Waals surface area contributed by atoms with Crippen molar-refractivity contribution in [1.29, 1.82) is 0 Å². The third-order valence-corrected chi connectivity index (χ3v) is 7.39. The standard InChI is InChI=1S/C27H25N3O3S/c31-24-7-4-16-29(24)23-14-12-22(13-15-23)28-26(33)20-8-10-21(11-9-20)27-30(25(32)18-34-27)17-19-5-2-1-3-6-19/h1-3,5-6,8-15,27H,4,7,16-18H2,(H,28,33)/t27-/m1/s1. The molecule has 172 valence electrons. The summed E-state index contributed by atoms with van der Waals surface area (Å²) in [5, 5.41) is 2.85. The number of benzene rings is 3. The number of thioether (sulfide) groups is 1. The number of hydrogen-bond donors (Lipinski definition) is 1. The van der Waals surface area contributed by atoms with Crippen molar-refractivity contribution in [3.63, 3.8) is 0 Å². The van der Waals surface area contributed by atoms with Gasteiger partial charge in [0.25, 0.3) is 5.91 Å². The van der Waals surface area contributed by atoms with Crippen LogP contribution in [0.25, 0.3) is 0 Å². The van der Waals surface area contributed by atoms with Gasteiger partial charge in [-0.1, -0.05) is 42.5 Å². The lowest BCUT2D eigenvalue weighted by molar-refractivity contribution is -0.128. The van der Waals surface area contributed by atoms with Crippen molar-refractivity contribution >= 4 is 40.9 Å². The van der Waals surface area contributed by atoms with E-state index in [0.717, 1.165) is 29.8 Å². The van der Waals surface area contributed by atoms with Crippen LogP contribution in [0.3, 0.4) is 0 Å². The highest BCUT2D eigenvalue weighted by atomic mass is 32.2. The number of anilines is 2. The van der Waals surface area contributed by atoms with Gasteiger partial charge in [-0.2, -0.15) is 0 Å². The van der Waals surface area contributed by atoms with Gasteiger partial charge in [0.2, 0.25) is 11.8 Å². The summed E-state index contributed by atoms with van der Waals surface area (Å²) < 4.78 is 0. The van der Waals surface area contributed by atoms with Crippen molar-refractivity contribution in [1.82, 2.24) is 4.90 Å². The Labute approximate surface area is 202 Å². The van der Waals surface area contributed by atoms with E-state index in [9.17, 15) is 14.4 Å². The Bertz CT molecular complexity index is 1200. The van der Waals surface area contributed by atoms with Crippen LogP contribution in [0, 0.1) is 0 Å². The number of nitrogens with one attached hydrogen (secondary N) is 1. The Balaban J connectivity index is 1.24. The van der Waals surface area contributed by atoms with E-state index in [2.05, 4.69) is 5.32 Å². The molecule has 5 rings (SSSR count). The predicted molar refractivity (Wildman–Crippen MR) is 135 cm³/mol. The molecule has 3 aromatic carbocycles. The predicted octanol–water partition coefficient (Wildman–Crippen LogP) is 4.84. The molecule has 2 aliphatic heterocycles. The summed E-state index contributed by atoms with van der Waals surface area (Å²) >= 11 is 1.61. The molecule has 3 aromatic rings. The molecule has 3 amide bonds. The van der Waals surface area contributed by atoms with Crippen LogP contribution >= 0.6 is 11.8 Å². The van der Waals surface area contributed by atoms with Crippen molar-refractivity contribution in [2.24, 2.45) is 0 Å². The Hall–Kier alpha value is -3.58. The maximum absolute atomic E-state index is 12.8. The van der Waals surface area contributed by atoms with Crippen LogP contribution in [0.2, 0.25) is 0 Å². The van der Waals surface area contributed by atoms with Crippen LogP contribution in [0.15, 0.2) is 78.9 Å². The highest BCUT2D eigenvalue weighted by molar-refractivity contribution is 8.00. The molecule has 2 aliphatic rings. The smallest absolute Gasteiger partial charge is 0.255 e. The largest absolute Gasteiger partial charge is 0.322 e. The van der Waals surface area contributed by atoms with E-state index in [1.54, 1.807) is 28.8 Å². The van der Waals surface area contributed by atoms with Crippen molar-refractivity contribution in [3.8, 4) is 0 Å². The van der Waals surface area contributed by atoms with Crippen LogP contribution in [-0.2, 0) is 16.1 Å². The highest BCUT2D eigenvalue weighted by Gasteiger charge is 2.32. The molecule has 34 heavy (non-hydrogen) atoms. The van der Waals surface area contributed by atoms with Crippen molar-refractivity contribution in [2.75, 3.05) is 22.5 Å². The monoisotopic (exact) mass is 471 g/mol. The summed E-state index contributed by atoms with van der Waals surface area (Å²) in [5.74, 6) is 0.521. The van der Waals surface area contributed by atoms with Crippen molar-refractivity contribution in [2.45, 2.75) is 24.8 Å². The van der Waals surface area contributed by atoms with Crippen LogP contribution in [0.5, 0.6) is 0 Å². The fourth-order valence-electron chi connectivity index (χ4n) is 4.33. The van der Waals surface area contributed by atoms with Gasteiger partial charge in [0.15, 0.2) is 0 Å². The van der Waals surface area contributed by atoms with E-state index in [1.807, 2.05) is 71.6 Å². The molecule has 2 heterocycles. The van der Waals surface area contributed by atoms with Gasteiger partial charge in [0.05, 0.1) is 5.75 Å². The quantitative estimate of drug-likeness (QED) is 0.559. The third kappa shape index (κ3) is 4.70. The van der Waals surface area contributed by atoms with E-state index in [-0.39, 0.29) is 23.1 Å². The Morgan fingerprint density at radius 3 is 2.32 bits per heavy atom. The Kier molecular flexibility index (Phi) is 6.36. The first kappa shape index (κ1) is 22.2. The lowest BCUT2D eigenvalue weighted by Gasteiger charge is -2.24. The maximum Gasteiger partial charge on any atom is 0.255 e. The first-order chi connectivity index (χ1) is 16.6. The Morgan fingerprint density at radius 2 is 1.65 bits per heavy atom. The summed E-state index contributed by atoms with van der Waals surface area (Å²) in [6.45, 7) is 1.31. The van der Waals surface area contributed by atoms with E-state index in [0.29, 0.717) is 30.0 Å². The summed E-state index contributed by atoms with van der Waals surface area (Å²) in [6.07, 6.45) is 1.47. The molecule has 1 N–H and O–H groups in total. The average Bonchev–Trinajstić information content (AvgIpc) is 3.46. The van der Waals surface area contributed by atoms with Gasteiger partial charge >= 0.3 is 0 Å². The molecule has 2 fully saturated rings. The lowest BCUT2D eigenvalue weighted by Crippen LogP contribution is -2.27. The minimum absolute atomic E-state index is 0.0642. The van der Waals surface area contributed by atoms with Gasteiger partial charge in [-0.15, -0.1) is 11.8 Å². The van der Waals surface area contributed by atoms with E-state index >= 15 is 0 Å². The maximum atomic E-state index is 12.8. The average molecular weight is 472 g/mol. The molecular formula is C27H25N3O3S. The molecule has 7 heteroatoms. The normalized spacial score (nSPS) is 17.9. The Morgan fingerprint density at radius 1 is 0.912 bits per heavy atom. The zero-order valence-corrected chi connectivity index (χ0v) is 19.5. The van der Waals surface area contributed by atoms with Gasteiger partial charge in [-0.05, 0) is 53.9 Å². The second-order valence-corrected chi connectivity index (χ2v) is 9.51. The van der Waals surface area contributed by atoms with Gasteiger partial charge in [-0.25, -0.2) is 0 Å². The second-order valence-electron chi connectivity index (χ2n) is 8.44. The number of carbonyl (C=O) groups excluding carboxylic acids is 3. The fraction of sp³-hybridized carbons (Fsp3) is 0.222. The number of amides is 3. The molecule has 0 unspecified atom stereocenters. The highest BCUT2D eigenvalue weighted by Crippen LogP contribution is 2.39. The van der Waals surface area contributed by atoms with E-state index < -0.39 is 0 Å². The van der Waals surface area contributed by atoms with Crippen LogP contribution in [0.4, 0.5) is 11.4 Å². The third-order valence-electron chi connectivity index (χ3n) is 6.13. The molecule has 0 aliphatic carbocycles. The van der Waals surface area contributed by atoms with E-state index in [1.165, 1.54) is 0 Å². The van der Waals surface area contributed by atoms with Crippen molar-refractivity contribution < 1.29 is 14.4 Å². The molecule has 2 saturated heterocycles. The lowest BCUT2D eigenvalue weighted by atomic mass is 10.1. The van der Waals surface area contributed by atoms with Gasteiger partial charge in [0, 0.05) is 36.4 Å². The topological polar surface area (TPSA) is 69.7 Å². The van der Waals surface area contributed by atoms with Gasteiger partial charge < -0.3 is 15.1 Å². The van der Waals surface area contributed by atoms with E-state index in [4.69, 9.17) is 0 Å². The van der Waals surface area contributed by atoms with Gasteiger partial charge in [-0.3, -0.25) is 14.4 Å². The molecule has 0 bridgehead atoms. The molecule has 0 spiro atoms. The minimum Gasteiger partial charge on any atom is -0.322 e. The number of nitrogens with zero attached hydrogens (tertiary/aromatic N) is 2. The summed E-state index contributed by atoms with van der Waals surface area (Å²) in [7, 11) is 0. The zero-order valence-electron chi connectivity index (χ0n) is 18.6. The van der Waals surface area contributed by atoms with Crippen LogP contribution in [-0.4, -0.2) is 34.9 Å². The number of hydrogen-bond acceptors (Lipinski definition) is 4. The van der Waals surface area contributed by atoms with Crippen LogP contribution < -0.4 is 10.2 Å². The van der Waals surface area contributed by atoms with Gasteiger partial charge in [0.1, 0.15) is 5.37 Å². The molecule has 0 saturated carbocycles. The summed E-state index contributed by atoms with van der Waals surface area (Å²) in [5.41, 5.74) is 4.18.